The topological polar surface area (TPSA) is 50.9 Å². The molecule has 0 bridgehead atoms. The first kappa shape index (κ1) is 8.97. The van der Waals surface area contributed by atoms with Crippen molar-refractivity contribution < 1.29 is 0 Å². The third kappa shape index (κ3) is 2.42. The van der Waals surface area contributed by atoms with Gasteiger partial charge >= 0.3 is 0 Å². The summed E-state index contributed by atoms with van der Waals surface area (Å²) in [6.45, 7) is 1.04. The number of nitrogen functional groups attached to an aromatic ring is 1. The molecule has 1 heterocycles. The smallest absolute Gasteiger partial charge is 0.180 e. The minimum atomic E-state index is 0.679. The molecule has 0 aromatic carbocycles. The Bertz CT molecular complexity index is 268. The average molecular weight is 197 g/mol. The average Bonchev–Trinajstić information content (AvgIpc) is 2.42. The summed E-state index contributed by atoms with van der Waals surface area (Å²) in [5.41, 5.74) is 6.65. The number of nitrogens with one attached hydrogen (secondary N) is 1. The van der Waals surface area contributed by atoms with Gasteiger partial charge in [-0.05, 0) is 12.8 Å². The predicted octanol–water partition coefficient (Wildman–Crippen LogP) is 1.41. The van der Waals surface area contributed by atoms with Crippen LogP contribution in [0.25, 0.3) is 0 Å². The van der Waals surface area contributed by atoms with Gasteiger partial charge < -0.3 is 11.1 Å². The van der Waals surface area contributed by atoms with E-state index < -0.39 is 0 Å². The van der Waals surface area contributed by atoms with Crippen LogP contribution in [0.3, 0.4) is 0 Å². The van der Waals surface area contributed by atoms with E-state index in [1.165, 1.54) is 30.6 Å². The van der Waals surface area contributed by atoms with Gasteiger partial charge in [-0.25, -0.2) is 4.98 Å². The van der Waals surface area contributed by atoms with Gasteiger partial charge in [0.05, 0.1) is 5.69 Å². The summed E-state index contributed by atoms with van der Waals surface area (Å²) in [6, 6.07) is 0.774. The minimum absolute atomic E-state index is 0.679. The lowest BCUT2D eigenvalue weighted by molar-refractivity contribution is 0.342. The zero-order valence-corrected chi connectivity index (χ0v) is 8.44. The van der Waals surface area contributed by atoms with Gasteiger partial charge in [-0.3, -0.25) is 0 Å². The Morgan fingerprint density at radius 1 is 1.62 bits per heavy atom. The Labute approximate surface area is 82.4 Å². The molecular formula is C9H15N3S. The quantitative estimate of drug-likeness (QED) is 0.767. The Morgan fingerprint density at radius 3 is 3.00 bits per heavy atom. The number of hydrogen-bond donors (Lipinski definition) is 2. The van der Waals surface area contributed by atoms with E-state index in [9.17, 15) is 0 Å². The van der Waals surface area contributed by atoms with Crippen LogP contribution < -0.4 is 11.1 Å². The second-order valence-electron chi connectivity index (χ2n) is 3.51. The molecule has 3 N–H and O–H groups in total. The van der Waals surface area contributed by atoms with Gasteiger partial charge in [0.15, 0.2) is 5.13 Å². The van der Waals surface area contributed by atoms with Crippen LogP contribution in [0.4, 0.5) is 5.13 Å². The number of aromatic nitrogens is 1. The summed E-state index contributed by atoms with van der Waals surface area (Å²) in [5.74, 6) is 0. The van der Waals surface area contributed by atoms with Crippen molar-refractivity contribution in [3.8, 4) is 0 Å². The maximum Gasteiger partial charge on any atom is 0.180 e. The molecule has 1 fully saturated rings. The molecule has 1 saturated carbocycles. The fourth-order valence-corrected chi connectivity index (χ4v) is 2.05. The Balaban J connectivity index is 1.67. The molecule has 72 valence electrons. The van der Waals surface area contributed by atoms with Crippen molar-refractivity contribution in [2.24, 2.45) is 0 Å². The molecule has 0 atom stereocenters. The van der Waals surface area contributed by atoms with Gasteiger partial charge in [-0.1, -0.05) is 6.42 Å². The van der Waals surface area contributed by atoms with Gasteiger partial charge in [0.1, 0.15) is 0 Å². The Hall–Kier alpha value is -0.610. The molecule has 0 saturated heterocycles. The number of nitrogens with zero attached hydrogens (tertiary/aromatic N) is 1. The number of rotatable bonds is 4. The fourth-order valence-electron chi connectivity index (χ4n) is 1.45. The van der Waals surface area contributed by atoms with Crippen LogP contribution >= 0.6 is 11.3 Å². The molecule has 13 heavy (non-hydrogen) atoms. The van der Waals surface area contributed by atoms with Crippen molar-refractivity contribution in [3.63, 3.8) is 0 Å². The van der Waals surface area contributed by atoms with E-state index in [1.807, 2.05) is 5.38 Å². The molecule has 2 rings (SSSR count). The fraction of sp³-hybridized carbons (Fsp3) is 0.667. The van der Waals surface area contributed by atoms with Crippen LogP contribution in [-0.4, -0.2) is 17.6 Å². The molecule has 3 nitrogen and oxygen atoms in total. The maximum atomic E-state index is 5.53. The van der Waals surface area contributed by atoms with Crippen molar-refractivity contribution >= 4 is 16.5 Å². The first-order chi connectivity index (χ1) is 6.34. The summed E-state index contributed by atoms with van der Waals surface area (Å²) in [4.78, 5) is 4.21. The lowest BCUT2D eigenvalue weighted by atomic mass is 9.93. The van der Waals surface area contributed by atoms with E-state index in [-0.39, 0.29) is 0 Å². The highest BCUT2D eigenvalue weighted by Crippen LogP contribution is 2.18. The van der Waals surface area contributed by atoms with Crippen molar-refractivity contribution in [1.82, 2.24) is 10.3 Å². The summed E-state index contributed by atoms with van der Waals surface area (Å²) < 4.78 is 0. The van der Waals surface area contributed by atoms with Gasteiger partial charge in [-0.2, -0.15) is 0 Å². The van der Waals surface area contributed by atoms with Gasteiger partial charge in [0, 0.05) is 24.4 Å². The maximum absolute atomic E-state index is 5.53. The van der Waals surface area contributed by atoms with Crippen LogP contribution in [0.1, 0.15) is 25.0 Å². The van der Waals surface area contributed by atoms with Crippen LogP contribution in [0, 0.1) is 0 Å². The zero-order chi connectivity index (χ0) is 9.10. The van der Waals surface area contributed by atoms with Crippen LogP contribution in [-0.2, 0) is 6.42 Å². The van der Waals surface area contributed by atoms with Crippen LogP contribution in [0.15, 0.2) is 5.38 Å². The first-order valence-corrected chi connectivity index (χ1v) is 5.66. The molecule has 4 heteroatoms. The van der Waals surface area contributed by atoms with Crippen molar-refractivity contribution in [2.75, 3.05) is 12.3 Å². The molecular weight excluding hydrogens is 182 g/mol. The second-order valence-corrected chi connectivity index (χ2v) is 4.40. The van der Waals surface area contributed by atoms with Crippen molar-refractivity contribution in [2.45, 2.75) is 31.7 Å². The summed E-state index contributed by atoms with van der Waals surface area (Å²) in [7, 11) is 0. The summed E-state index contributed by atoms with van der Waals surface area (Å²) in [6.07, 6.45) is 5.09. The highest BCUT2D eigenvalue weighted by Gasteiger charge is 2.15. The molecule has 1 aliphatic carbocycles. The minimum Gasteiger partial charge on any atom is -0.375 e. The van der Waals surface area contributed by atoms with Gasteiger partial charge in [0.2, 0.25) is 0 Å². The lowest BCUT2D eigenvalue weighted by Crippen LogP contribution is -2.36. The molecule has 0 unspecified atom stereocenters. The van der Waals surface area contributed by atoms with Crippen LogP contribution in [0.5, 0.6) is 0 Å². The molecule has 1 aliphatic rings. The highest BCUT2D eigenvalue weighted by molar-refractivity contribution is 7.13. The highest BCUT2D eigenvalue weighted by atomic mass is 32.1. The van der Waals surface area contributed by atoms with E-state index in [1.54, 1.807) is 0 Å². The van der Waals surface area contributed by atoms with Crippen LogP contribution in [0.2, 0.25) is 0 Å². The number of nitrogens with two attached hydrogens (primary N) is 1. The first-order valence-electron chi connectivity index (χ1n) is 4.78. The molecule has 0 radical (unpaired) electrons. The lowest BCUT2D eigenvalue weighted by Gasteiger charge is -2.26. The van der Waals surface area contributed by atoms with E-state index in [2.05, 4.69) is 10.3 Å². The monoisotopic (exact) mass is 197 g/mol. The summed E-state index contributed by atoms with van der Waals surface area (Å²) >= 11 is 1.52. The van der Waals surface area contributed by atoms with Crippen molar-refractivity contribution in [1.29, 1.82) is 0 Å². The molecule has 0 amide bonds. The number of hydrogen-bond acceptors (Lipinski definition) is 4. The zero-order valence-electron chi connectivity index (χ0n) is 7.62. The SMILES string of the molecule is Nc1nc(CCNC2CCC2)cs1. The van der Waals surface area contributed by atoms with E-state index in [0.717, 1.165) is 24.7 Å². The molecule has 0 spiro atoms. The number of anilines is 1. The van der Waals surface area contributed by atoms with Crippen molar-refractivity contribution in [3.05, 3.63) is 11.1 Å². The Kier molecular flexibility index (Phi) is 2.80. The molecule has 1 aromatic rings. The third-order valence-electron chi connectivity index (χ3n) is 2.49. The standard InChI is InChI=1S/C9H15N3S/c10-9-12-8(6-13-9)4-5-11-7-2-1-3-7/h6-7,11H,1-5H2,(H2,10,12). The third-order valence-corrected chi connectivity index (χ3v) is 3.21. The van der Waals surface area contributed by atoms with E-state index in [0.29, 0.717) is 5.13 Å². The largest absolute Gasteiger partial charge is 0.375 e. The van der Waals surface area contributed by atoms with Gasteiger partial charge in [0.25, 0.3) is 0 Å². The Morgan fingerprint density at radius 2 is 2.46 bits per heavy atom. The molecule has 0 aliphatic heterocycles. The molecule has 1 aromatic heterocycles. The predicted molar refractivity (Wildman–Crippen MR) is 55.9 cm³/mol. The van der Waals surface area contributed by atoms with E-state index in [4.69, 9.17) is 5.73 Å². The normalized spacial score (nSPS) is 17.2. The van der Waals surface area contributed by atoms with E-state index >= 15 is 0 Å². The second kappa shape index (κ2) is 4.07. The summed E-state index contributed by atoms with van der Waals surface area (Å²) in [5, 5.41) is 6.22. The number of thiazole rings is 1. The van der Waals surface area contributed by atoms with Gasteiger partial charge in [-0.15, -0.1) is 11.3 Å².